The molecule has 0 atom stereocenters. The zero-order valence-electron chi connectivity index (χ0n) is 12.0. The minimum atomic E-state index is -0.309. The number of aldehydes is 1. The lowest BCUT2D eigenvalue weighted by Gasteiger charge is -2.10. The zero-order valence-corrected chi connectivity index (χ0v) is 12.0. The molecule has 108 valence electrons. The van der Waals surface area contributed by atoms with Crippen LogP contribution in [0.15, 0.2) is 42.5 Å². The summed E-state index contributed by atoms with van der Waals surface area (Å²) in [5.41, 5.74) is 2.27. The van der Waals surface area contributed by atoms with Gasteiger partial charge in [-0.2, -0.15) is 0 Å². The Hall–Kier alpha value is -2.62. The fourth-order valence-corrected chi connectivity index (χ4v) is 1.94. The van der Waals surface area contributed by atoms with Gasteiger partial charge < -0.3 is 9.47 Å². The third kappa shape index (κ3) is 3.92. The lowest BCUT2D eigenvalue weighted by molar-refractivity contribution is -0.139. The number of carbonyl (C=O) groups excluding carboxylic acids is 2. The van der Waals surface area contributed by atoms with Gasteiger partial charge in [-0.15, -0.1) is 0 Å². The summed E-state index contributed by atoms with van der Waals surface area (Å²) in [6.07, 6.45) is 0.947. The molecule has 0 aromatic heterocycles. The second-order valence-corrected chi connectivity index (χ2v) is 4.66. The first-order valence-electron chi connectivity index (χ1n) is 6.52. The molecule has 21 heavy (non-hydrogen) atoms. The van der Waals surface area contributed by atoms with Gasteiger partial charge in [0, 0.05) is 0 Å². The van der Waals surface area contributed by atoms with E-state index in [0.717, 1.165) is 17.4 Å². The molecule has 0 radical (unpaired) electrons. The number of hydrogen-bond acceptors (Lipinski definition) is 4. The lowest BCUT2D eigenvalue weighted by atomic mass is 10.1. The first kappa shape index (κ1) is 14.8. The van der Waals surface area contributed by atoms with E-state index in [4.69, 9.17) is 4.74 Å². The minimum absolute atomic E-state index is 0.183. The summed E-state index contributed by atoms with van der Waals surface area (Å²) < 4.78 is 10.4. The van der Waals surface area contributed by atoms with Crippen LogP contribution in [0.5, 0.6) is 11.5 Å². The van der Waals surface area contributed by atoms with Gasteiger partial charge in [0.05, 0.1) is 19.1 Å². The van der Waals surface area contributed by atoms with E-state index in [1.807, 2.05) is 19.1 Å². The van der Waals surface area contributed by atoms with Crippen molar-refractivity contribution in [2.75, 3.05) is 7.11 Å². The van der Waals surface area contributed by atoms with Gasteiger partial charge in [0.2, 0.25) is 0 Å². The SMILES string of the molecule is COC(=O)Cc1cccc(Oc2ccc(C)cc2C=O)c1. The maximum atomic E-state index is 11.3. The summed E-state index contributed by atoms with van der Waals surface area (Å²) in [5.74, 6) is 0.755. The van der Waals surface area contributed by atoms with E-state index in [1.54, 1.807) is 30.3 Å². The third-order valence-electron chi connectivity index (χ3n) is 2.99. The van der Waals surface area contributed by atoms with Crippen LogP contribution in [0, 0.1) is 6.92 Å². The normalized spacial score (nSPS) is 10.0. The molecule has 0 heterocycles. The molecular formula is C17H16O4. The summed E-state index contributed by atoms with van der Waals surface area (Å²) in [4.78, 5) is 22.4. The average molecular weight is 284 g/mol. The van der Waals surface area contributed by atoms with Crippen molar-refractivity contribution < 1.29 is 19.1 Å². The molecule has 0 amide bonds. The Kier molecular flexibility index (Phi) is 4.72. The Morgan fingerprint density at radius 3 is 2.71 bits per heavy atom. The standard InChI is InChI=1S/C17H16O4/c1-12-6-7-16(14(8-12)11-18)21-15-5-3-4-13(9-15)10-17(19)20-2/h3-9,11H,10H2,1-2H3. The molecule has 0 unspecified atom stereocenters. The van der Waals surface area contributed by atoms with Crippen LogP contribution >= 0.6 is 0 Å². The van der Waals surface area contributed by atoms with E-state index in [-0.39, 0.29) is 12.4 Å². The molecule has 0 saturated heterocycles. The van der Waals surface area contributed by atoms with Crippen LogP contribution in [0.3, 0.4) is 0 Å². The maximum Gasteiger partial charge on any atom is 0.309 e. The molecule has 0 N–H and O–H groups in total. The highest BCUT2D eigenvalue weighted by Crippen LogP contribution is 2.26. The smallest absolute Gasteiger partial charge is 0.309 e. The van der Waals surface area contributed by atoms with Crippen LogP contribution in [-0.2, 0) is 16.0 Å². The Morgan fingerprint density at radius 2 is 2.00 bits per heavy atom. The van der Waals surface area contributed by atoms with Crippen LogP contribution in [-0.4, -0.2) is 19.4 Å². The summed E-state index contributed by atoms with van der Waals surface area (Å²) in [6, 6.07) is 12.5. The first-order valence-corrected chi connectivity index (χ1v) is 6.52. The lowest BCUT2D eigenvalue weighted by Crippen LogP contribution is -2.04. The van der Waals surface area contributed by atoms with Crippen LogP contribution in [0.2, 0.25) is 0 Å². The van der Waals surface area contributed by atoms with Crippen molar-refractivity contribution in [2.24, 2.45) is 0 Å². The Morgan fingerprint density at radius 1 is 1.19 bits per heavy atom. The van der Waals surface area contributed by atoms with Crippen molar-refractivity contribution >= 4 is 12.3 Å². The van der Waals surface area contributed by atoms with Gasteiger partial charge in [0.1, 0.15) is 11.5 Å². The average Bonchev–Trinajstić information content (AvgIpc) is 2.49. The maximum absolute atomic E-state index is 11.3. The second-order valence-electron chi connectivity index (χ2n) is 4.66. The number of benzene rings is 2. The van der Waals surface area contributed by atoms with Crippen LogP contribution in [0.25, 0.3) is 0 Å². The molecule has 0 saturated carbocycles. The van der Waals surface area contributed by atoms with E-state index < -0.39 is 0 Å². The van der Waals surface area contributed by atoms with Crippen molar-refractivity contribution in [1.29, 1.82) is 0 Å². The Bertz CT molecular complexity index is 662. The van der Waals surface area contributed by atoms with Crippen molar-refractivity contribution in [3.05, 3.63) is 59.2 Å². The largest absolute Gasteiger partial charge is 0.469 e. The van der Waals surface area contributed by atoms with E-state index in [2.05, 4.69) is 4.74 Å². The van der Waals surface area contributed by atoms with Gasteiger partial charge in [-0.1, -0.05) is 23.8 Å². The number of aryl methyl sites for hydroxylation is 1. The molecule has 4 heteroatoms. The summed E-state index contributed by atoms with van der Waals surface area (Å²) in [5, 5.41) is 0. The number of rotatable bonds is 5. The van der Waals surface area contributed by atoms with Crippen LogP contribution in [0.4, 0.5) is 0 Å². The zero-order chi connectivity index (χ0) is 15.2. The molecular weight excluding hydrogens is 268 g/mol. The van der Waals surface area contributed by atoms with Crippen molar-refractivity contribution in [1.82, 2.24) is 0 Å². The summed E-state index contributed by atoms with van der Waals surface area (Å²) >= 11 is 0. The number of methoxy groups -OCH3 is 1. The van der Waals surface area contributed by atoms with E-state index in [1.165, 1.54) is 7.11 Å². The molecule has 2 aromatic rings. The summed E-state index contributed by atoms with van der Waals surface area (Å²) in [7, 11) is 1.35. The molecule has 0 spiro atoms. The topological polar surface area (TPSA) is 52.6 Å². The quantitative estimate of drug-likeness (QED) is 0.624. The molecule has 0 fully saturated rings. The highest BCUT2D eigenvalue weighted by atomic mass is 16.5. The predicted octanol–water partition coefficient (Wildman–Crippen LogP) is 3.32. The van der Waals surface area contributed by atoms with Crippen molar-refractivity contribution in [2.45, 2.75) is 13.3 Å². The van der Waals surface area contributed by atoms with Gasteiger partial charge in [-0.3, -0.25) is 9.59 Å². The van der Waals surface area contributed by atoms with Gasteiger partial charge in [-0.25, -0.2) is 0 Å². The summed E-state index contributed by atoms with van der Waals surface area (Å²) in [6.45, 7) is 1.91. The van der Waals surface area contributed by atoms with Crippen LogP contribution in [0.1, 0.15) is 21.5 Å². The number of esters is 1. The highest BCUT2D eigenvalue weighted by Gasteiger charge is 2.07. The molecule has 2 aromatic carbocycles. The first-order chi connectivity index (χ1) is 10.1. The Balaban J connectivity index is 2.22. The fraction of sp³-hybridized carbons (Fsp3) is 0.176. The highest BCUT2D eigenvalue weighted by molar-refractivity contribution is 5.80. The monoisotopic (exact) mass is 284 g/mol. The van der Waals surface area contributed by atoms with Gasteiger partial charge in [-0.05, 0) is 36.8 Å². The number of hydrogen-bond donors (Lipinski definition) is 0. The molecule has 4 nitrogen and oxygen atoms in total. The van der Waals surface area contributed by atoms with Crippen LogP contribution < -0.4 is 4.74 Å². The van der Waals surface area contributed by atoms with E-state index >= 15 is 0 Å². The molecule has 2 rings (SSSR count). The van der Waals surface area contributed by atoms with Gasteiger partial charge >= 0.3 is 5.97 Å². The second kappa shape index (κ2) is 6.70. The fourth-order valence-electron chi connectivity index (χ4n) is 1.94. The van der Waals surface area contributed by atoms with E-state index in [0.29, 0.717) is 17.1 Å². The van der Waals surface area contributed by atoms with Crippen molar-refractivity contribution in [3.63, 3.8) is 0 Å². The van der Waals surface area contributed by atoms with Gasteiger partial charge in [0.15, 0.2) is 6.29 Å². The van der Waals surface area contributed by atoms with E-state index in [9.17, 15) is 9.59 Å². The number of carbonyl (C=O) groups is 2. The predicted molar refractivity (Wildman–Crippen MR) is 78.8 cm³/mol. The molecule has 0 aliphatic carbocycles. The molecule has 0 aliphatic rings. The van der Waals surface area contributed by atoms with Gasteiger partial charge in [0.25, 0.3) is 0 Å². The third-order valence-corrected chi connectivity index (χ3v) is 2.99. The van der Waals surface area contributed by atoms with Crippen molar-refractivity contribution in [3.8, 4) is 11.5 Å². The molecule has 0 bridgehead atoms. The Labute approximate surface area is 123 Å². The minimum Gasteiger partial charge on any atom is -0.469 e. The molecule has 0 aliphatic heterocycles. The number of ether oxygens (including phenoxy) is 2.